The van der Waals surface area contributed by atoms with E-state index >= 15 is 0 Å². The highest BCUT2D eigenvalue weighted by Crippen LogP contribution is 2.42. The summed E-state index contributed by atoms with van der Waals surface area (Å²) in [5, 5.41) is 13.0. The third-order valence-electron chi connectivity index (χ3n) is 6.66. The van der Waals surface area contributed by atoms with E-state index in [4.69, 9.17) is 5.11 Å². The number of aromatic carboxylic acids is 1. The van der Waals surface area contributed by atoms with Crippen LogP contribution in [0, 0.1) is 11.8 Å². The lowest BCUT2D eigenvalue weighted by Gasteiger charge is -2.32. The average Bonchev–Trinajstić information content (AvgIpc) is 3.53. The number of carboxylic acid groups (broad SMARTS) is 1. The van der Waals surface area contributed by atoms with Gasteiger partial charge in [0.2, 0.25) is 0 Å². The van der Waals surface area contributed by atoms with Gasteiger partial charge in [0.25, 0.3) is 0 Å². The monoisotopic (exact) mass is 418 g/mol. The SMILES string of the molecule is CC(C)C(=Cc1ccccc1)[C@@H]1C[C@H]1NC1CCN(Cc2ccc(C(=O)O)cc2)CC1. The molecule has 164 valence electrons. The summed E-state index contributed by atoms with van der Waals surface area (Å²) in [6.45, 7) is 7.70. The first-order chi connectivity index (χ1) is 15.0. The van der Waals surface area contributed by atoms with Crippen LogP contribution in [0.4, 0.5) is 0 Å². The van der Waals surface area contributed by atoms with Gasteiger partial charge >= 0.3 is 5.97 Å². The molecule has 2 atom stereocenters. The number of hydrogen-bond acceptors (Lipinski definition) is 3. The van der Waals surface area contributed by atoms with E-state index < -0.39 is 5.97 Å². The topological polar surface area (TPSA) is 52.6 Å². The van der Waals surface area contributed by atoms with Crippen molar-refractivity contribution in [2.75, 3.05) is 13.1 Å². The van der Waals surface area contributed by atoms with Crippen molar-refractivity contribution in [2.24, 2.45) is 11.8 Å². The summed E-state index contributed by atoms with van der Waals surface area (Å²) in [5.41, 5.74) is 4.42. The van der Waals surface area contributed by atoms with Crippen molar-refractivity contribution in [2.45, 2.75) is 51.7 Å². The molecule has 1 aliphatic carbocycles. The van der Waals surface area contributed by atoms with Crippen LogP contribution in [0.25, 0.3) is 6.08 Å². The van der Waals surface area contributed by atoms with Crippen LogP contribution in [0.2, 0.25) is 0 Å². The Morgan fingerprint density at radius 1 is 1.10 bits per heavy atom. The molecular formula is C27H34N2O2. The molecule has 0 aromatic heterocycles. The van der Waals surface area contributed by atoms with Gasteiger partial charge in [-0.05, 0) is 67.4 Å². The minimum Gasteiger partial charge on any atom is -0.478 e. The molecule has 2 fully saturated rings. The molecule has 1 saturated heterocycles. The first kappa shape index (κ1) is 21.8. The van der Waals surface area contributed by atoms with E-state index in [9.17, 15) is 4.79 Å². The maximum Gasteiger partial charge on any atom is 0.335 e. The van der Waals surface area contributed by atoms with Crippen molar-refractivity contribution in [3.8, 4) is 0 Å². The highest BCUT2D eigenvalue weighted by Gasteiger charge is 2.41. The minimum absolute atomic E-state index is 0.354. The largest absolute Gasteiger partial charge is 0.478 e. The van der Waals surface area contributed by atoms with Crippen LogP contribution in [0.5, 0.6) is 0 Å². The first-order valence-corrected chi connectivity index (χ1v) is 11.6. The van der Waals surface area contributed by atoms with Gasteiger partial charge in [-0.25, -0.2) is 4.79 Å². The van der Waals surface area contributed by atoms with Gasteiger partial charge < -0.3 is 10.4 Å². The molecule has 1 saturated carbocycles. The number of carbonyl (C=O) groups is 1. The summed E-state index contributed by atoms with van der Waals surface area (Å²) in [5.74, 6) is 0.383. The van der Waals surface area contributed by atoms with Crippen LogP contribution >= 0.6 is 0 Å². The van der Waals surface area contributed by atoms with E-state index in [2.05, 4.69) is 60.5 Å². The van der Waals surface area contributed by atoms with Gasteiger partial charge in [0.15, 0.2) is 0 Å². The van der Waals surface area contributed by atoms with Crippen LogP contribution in [0.15, 0.2) is 60.2 Å². The predicted octanol–water partition coefficient (Wildman–Crippen LogP) is 5.07. The Balaban J connectivity index is 1.25. The van der Waals surface area contributed by atoms with Gasteiger partial charge in [0, 0.05) is 18.6 Å². The molecule has 0 spiro atoms. The van der Waals surface area contributed by atoms with Gasteiger partial charge in [0.05, 0.1) is 5.56 Å². The number of nitrogens with one attached hydrogen (secondary N) is 1. The normalized spacial score (nSPS) is 22.6. The number of piperidine rings is 1. The number of nitrogens with zero attached hydrogens (tertiary/aromatic N) is 1. The van der Waals surface area contributed by atoms with Crippen LogP contribution < -0.4 is 5.32 Å². The van der Waals surface area contributed by atoms with Gasteiger partial charge in [0.1, 0.15) is 0 Å². The Labute approximate surface area is 186 Å². The third-order valence-corrected chi connectivity index (χ3v) is 6.66. The molecule has 1 heterocycles. The van der Waals surface area contributed by atoms with Crippen LogP contribution in [-0.2, 0) is 6.54 Å². The van der Waals surface area contributed by atoms with E-state index in [1.165, 1.54) is 30.4 Å². The Kier molecular flexibility index (Phi) is 6.89. The maximum atomic E-state index is 11.0. The zero-order valence-corrected chi connectivity index (χ0v) is 18.6. The van der Waals surface area contributed by atoms with Gasteiger partial charge in [-0.15, -0.1) is 0 Å². The highest BCUT2D eigenvalue weighted by atomic mass is 16.4. The number of benzene rings is 2. The molecule has 2 aromatic carbocycles. The Morgan fingerprint density at radius 3 is 2.39 bits per heavy atom. The second-order valence-electron chi connectivity index (χ2n) is 9.38. The van der Waals surface area contributed by atoms with E-state index in [1.807, 2.05) is 12.1 Å². The van der Waals surface area contributed by atoms with Crippen molar-refractivity contribution in [1.29, 1.82) is 0 Å². The Morgan fingerprint density at radius 2 is 1.77 bits per heavy atom. The Hall–Kier alpha value is -2.43. The molecule has 2 aromatic rings. The summed E-state index contributed by atoms with van der Waals surface area (Å²) in [6.07, 6.45) is 6.01. The van der Waals surface area contributed by atoms with Gasteiger partial charge in [-0.3, -0.25) is 4.90 Å². The van der Waals surface area contributed by atoms with Gasteiger partial charge in [-0.2, -0.15) is 0 Å². The second-order valence-corrected chi connectivity index (χ2v) is 9.38. The maximum absolute atomic E-state index is 11.0. The lowest BCUT2D eigenvalue weighted by molar-refractivity contribution is 0.0697. The number of hydrogen-bond donors (Lipinski definition) is 2. The lowest BCUT2D eigenvalue weighted by atomic mass is 9.95. The molecule has 0 unspecified atom stereocenters. The van der Waals surface area contributed by atoms with Gasteiger partial charge in [-0.1, -0.05) is 68.0 Å². The molecule has 0 radical (unpaired) electrons. The van der Waals surface area contributed by atoms with Crippen molar-refractivity contribution in [1.82, 2.24) is 10.2 Å². The molecular weight excluding hydrogens is 384 g/mol. The standard InChI is InChI=1S/C27H34N2O2/c1-19(2)24(16-20-6-4-3-5-7-20)25-17-26(25)28-23-12-14-29(15-13-23)18-21-8-10-22(11-9-21)27(30)31/h3-11,16,19,23,25-26,28H,12-15,17-18H2,1-2H3,(H,30,31)/t25-,26+/m0/s1. The first-order valence-electron chi connectivity index (χ1n) is 11.6. The molecule has 2 aliphatic rings. The molecule has 31 heavy (non-hydrogen) atoms. The summed E-state index contributed by atoms with van der Waals surface area (Å²) < 4.78 is 0. The predicted molar refractivity (Wildman–Crippen MR) is 126 cm³/mol. The molecule has 4 rings (SSSR count). The van der Waals surface area contributed by atoms with E-state index in [-0.39, 0.29) is 0 Å². The fourth-order valence-corrected chi connectivity index (χ4v) is 4.76. The molecule has 2 N–H and O–H groups in total. The van der Waals surface area contributed by atoms with Crippen molar-refractivity contribution >= 4 is 12.0 Å². The smallest absolute Gasteiger partial charge is 0.335 e. The number of likely N-dealkylation sites (tertiary alicyclic amines) is 1. The van der Waals surface area contributed by atoms with E-state index in [1.54, 1.807) is 17.7 Å². The highest BCUT2D eigenvalue weighted by molar-refractivity contribution is 5.87. The fourth-order valence-electron chi connectivity index (χ4n) is 4.76. The molecule has 0 amide bonds. The number of carboxylic acids is 1. The van der Waals surface area contributed by atoms with Crippen molar-refractivity contribution in [3.63, 3.8) is 0 Å². The average molecular weight is 419 g/mol. The summed E-state index contributed by atoms with van der Waals surface area (Å²) in [4.78, 5) is 13.5. The van der Waals surface area contributed by atoms with Crippen LogP contribution in [0.3, 0.4) is 0 Å². The minimum atomic E-state index is -0.865. The van der Waals surface area contributed by atoms with Crippen molar-refractivity contribution in [3.05, 3.63) is 76.9 Å². The summed E-state index contributed by atoms with van der Waals surface area (Å²) in [6, 6.07) is 19.2. The van der Waals surface area contributed by atoms with Crippen LogP contribution in [-0.4, -0.2) is 41.1 Å². The molecule has 1 aliphatic heterocycles. The fraction of sp³-hybridized carbons (Fsp3) is 0.444. The molecule has 4 nitrogen and oxygen atoms in total. The number of rotatable bonds is 8. The molecule has 0 bridgehead atoms. The summed E-state index contributed by atoms with van der Waals surface area (Å²) in [7, 11) is 0. The zero-order valence-electron chi connectivity index (χ0n) is 18.6. The van der Waals surface area contributed by atoms with Crippen LogP contribution in [0.1, 0.15) is 54.6 Å². The third kappa shape index (κ3) is 5.84. The lowest BCUT2D eigenvalue weighted by Crippen LogP contribution is -2.43. The second kappa shape index (κ2) is 9.80. The summed E-state index contributed by atoms with van der Waals surface area (Å²) >= 11 is 0. The quantitative estimate of drug-likeness (QED) is 0.629. The Bertz CT molecular complexity index is 897. The van der Waals surface area contributed by atoms with E-state index in [0.717, 1.165) is 19.6 Å². The van der Waals surface area contributed by atoms with E-state index in [0.29, 0.717) is 29.5 Å². The van der Waals surface area contributed by atoms with Crippen molar-refractivity contribution < 1.29 is 9.90 Å². The molecule has 4 heteroatoms. The zero-order chi connectivity index (χ0) is 21.8.